The molecular formula is C15H24N2. The van der Waals surface area contributed by atoms with Crippen molar-refractivity contribution < 1.29 is 0 Å². The van der Waals surface area contributed by atoms with Crippen molar-refractivity contribution in [3.8, 4) is 0 Å². The summed E-state index contributed by atoms with van der Waals surface area (Å²) < 4.78 is 0. The number of benzene rings is 1. The molecule has 1 fully saturated rings. The van der Waals surface area contributed by atoms with Gasteiger partial charge in [0.1, 0.15) is 0 Å². The topological polar surface area (TPSA) is 29.3 Å². The van der Waals surface area contributed by atoms with Gasteiger partial charge >= 0.3 is 0 Å². The zero-order valence-corrected chi connectivity index (χ0v) is 11.0. The first-order valence-electron chi connectivity index (χ1n) is 6.69. The average molecular weight is 232 g/mol. The van der Waals surface area contributed by atoms with E-state index in [9.17, 15) is 0 Å². The van der Waals surface area contributed by atoms with Crippen LogP contribution in [-0.4, -0.2) is 31.6 Å². The van der Waals surface area contributed by atoms with E-state index in [1.165, 1.54) is 30.6 Å². The molecule has 0 radical (unpaired) electrons. The number of hydrogen-bond acceptors (Lipinski definition) is 2. The lowest BCUT2D eigenvalue weighted by molar-refractivity contribution is 0.411. The maximum absolute atomic E-state index is 5.61. The predicted molar refractivity (Wildman–Crippen MR) is 73.4 cm³/mol. The second kappa shape index (κ2) is 5.65. The number of likely N-dealkylation sites (N-methyl/N-ethyl adjacent to an activating group) is 1. The van der Waals surface area contributed by atoms with Crippen LogP contribution in [0.15, 0.2) is 24.3 Å². The Balaban J connectivity index is 2.02. The maximum atomic E-state index is 5.61. The summed E-state index contributed by atoms with van der Waals surface area (Å²) in [4.78, 5) is 2.41. The summed E-state index contributed by atoms with van der Waals surface area (Å²) in [6.07, 6.45) is 2.37. The van der Waals surface area contributed by atoms with Crippen LogP contribution in [0.1, 0.15) is 42.7 Å². The van der Waals surface area contributed by atoms with Gasteiger partial charge < -0.3 is 10.6 Å². The van der Waals surface area contributed by atoms with Gasteiger partial charge in [-0.25, -0.2) is 0 Å². The third kappa shape index (κ3) is 3.08. The first-order valence-corrected chi connectivity index (χ1v) is 6.69. The summed E-state index contributed by atoms with van der Waals surface area (Å²) in [5, 5.41) is 0. The molecule has 2 rings (SSSR count). The van der Waals surface area contributed by atoms with Gasteiger partial charge in [-0.05, 0) is 55.9 Å². The van der Waals surface area contributed by atoms with Crippen LogP contribution in [0.3, 0.4) is 0 Å². The van der Waals surface area contributed by atoms with Gasteiger partial charge in [-0.2, -0.15) is 0 Å². The fourth-order valence-electron chi connectivity index (χ4n) is 2.72. The van der Waals surface area contributed by atoms with Crippen LogP contribution in [-0.2, 0) is 0 Å². The smallest absolute Gasteiger partial charge is 0.00477 e. The van der Waals surface area contributed by atoms with Crippen molar-refractivity contribution in [2.75, 3.05) is 26.7 Å². The van der Waals surface area contributed by atoms with Crippen molar-refractivity contribution >= 4 is 0 Å². The number of likely N-dealkylation sites (tertiary alicyclic amines) is 1. The van der Waals surface area contributed by atoms with Crippen molar-refractivity contribution in [2.24, 2.45) is 5.73 Å². The summed E-state index contributed by atoms with van der Waals surface area (Å²) >= 11 is 0. The Morgan fingerprint density at radius 1 is 1.35 bits per heavy atom. The minimum absolute atomic E-state index is 0.584. The predicted octanol–water partition coefficient (Wildman–Crippen LogP) is 2.56. The molecule has 0 bridgehead atoms. The average Bonchev–Trinajstić information content (AvgIpc) is 2.76. The largest absolute Gasteiger partial charge is 0.330 e. The number of hydrogen-bond donors (Lipinski definition) is 1. The summed E-state index contributed by atoms with van der Waals surface area (Å²) in [7, 11) is 2.21. The quantitative estimate of drug-likeness (QED) is 0.864. The Bertz CT molecular complexity index is 344. The Morgan fingerprint density at radius 2 is 2.06 bits per heavy atom. The molecule has 1 aliphatic heterocycles. The zero-order chi connectivity index (χ0) is 12.3. The summed E-state index contributed by atoms with van der Waals surface area (Å²) in [5.41, 5.74) is 8.53. The molecule has 2 heteroatoms. The third-order valence-electron chi connectivity index (χ3n) is 3.97. The van der Waals surface area contributed by atoms with E-state index in [-0.39, 0.29) is 0 Å². The van der Waals surface area contributed by atoms with Gasteiger partial charge in [-0.1, -0.05) is 31.2 Å². The van der Waals surface area contributed by atoms with Gasteiger partial charge in [0.25, 0.3) is 0 Å². The van der Waals surface area contributed by atoms with E-state index in [1.54, 1.807) is 0 Å². The van der Waals surface area contributed by atoms with Crippen LogP contribution in [0, 0.1) is 0 Å². The minimum Gasteiger partial charge on any atom is -0.330 e. The first-order chi connectivity index (χ1) is 8.20. The normalized spacial score (nSPS) is 22.9. The molecule has 2 atom stereocenters. The number of nitrogens with two attached hydrogens (primary N) is 1. The Hall–Kier alpha value is -0.860. The van der Waals surface area contributed by atoms with Crippen molar-refractivity contribution in [1.29, 1.82) is 0 Å². The highest BCUT2D eigenvalue weighted by Crippen LogP contribution is 2.27. The summed E-state index contributed by atoms with van der Waals surface area (Å²) in [5.74, 6) is 1.32. The lowest BCUT2D eigenvalue weighted by Crippen LogP contribution is -2.13. The van der Waals surface area contributed by atoms with Crippen LogP contribution < -0.4 is 5.73 Å². The monoisotopic (exact) mass is 232 g/mol. The van der Waals surface area contributed by atoms with Crippen LogP contribution in [0.5, 0.6) is 0 Å². The van der Waals surface area contributed by atoms with Gasteiger partial charge in [0.05, 0.1) is 0 Å². The molecule has 0 saturated carbocycles. The lowest BCUT2D eigenvalue weighted by atomic mass is 9.93. The fourth-order valence-corrected chi connectivity index (χ4v) is 2.72. The zero-order valence-electron chi connectivity index (χ0n) is 11.0. The molecule has 1 aliphatic rings. The molecule has 0 aromatic heterocycles. The van der Waals surface area contributed by atoms with E-state index in [0.29, 0.717) is 5.92 Å². The second-order valence-electron chi connectivity index (χ2n) is 5.39. The van der Waals surface area contributed by atoms with Gasteiger partial charge in [0.2, 0.25) is 0 Å². The summed E-state index contributed by atoms with van der Waals surface area (Å²) in [6.45, 7) is 5.47. The maximum Gasteiger partial charge on any atom is 0.00477 e. The second-order valence-corrected chi connectivity index (χ2v) is 5.39. The van der Waals surface area contributed by atoms with Crippen molar-refractivity contribution in [2.45, 2.75) is 31.6 Å². The third-order valence-corrected chi connectivity index (χ3v) is 3.97. The highest BCUT2D eigenvalue weighted by molar-refractivity contribution is 5.28. The molecule has 2 unspecified atom stereocenters. The standard InChI is InChI=1S/C15H24N2/c1-12(7-9-16)13-3-5-14(6-4-13)15-8-10-17(2)11-15/h3-6,12,15H,7-11,16H2,1-2H3. The number of nitrogens with zero attached hydrogens (tertiary/aromatic N) is 1. The molecule has 0 aliphatic carbocycles. The van der Waals surface area contributed by atoms with E-state index in [2.05, 4.69) is 43.1 Å². The first kappa shape index (κ1) is 12.6. The molecule has 2 N–H and O–H groups in total. The molecule has 1 heterocycles. The lowest BCUT2D eigenvalue weighted by Gasteiger charge is -2.14. The Labute approximate surface area is 105 Å². The van der Waals surface area contributed by atoms with E-state index < -0.39 is 0 Å². The SMILES string of the molecule is CC(CCN)c1ccc(C2CCN(C)C2)cc1. The molecule has 1 aromatic carbocycles. The molecule has 0 amide bonds. The van der Waals surface area contributed by atoms with Gasteiger partial charge in [-0.15, -0.1) is 0 Å². The van der Waals surface area contributed by atoms with E-state index >= 15 is 0 Å². The van der Waals surface area contributed by atoms with Crippen LogP contribution >= 0.6 is 0 Å². The molecule has 1 saturated heterocycles. The minimum atomic E-state index is 0.584. The molecule has 0 spiro atoms. The molecule has 1 aromatic rings. The van der Waals surface area contributed by atoms with Gasteiger partial charge in [0, 0.05) is 6.54 Å². The van der Waals surface area contributed by atoms with Crippen LogP contribution in [0.25, 0.3) is 0 Å². The molecule has 94 valence electrons. The molecule has 17 heavy (non-hydrogen) atoms. The van der Waals surface area contributed by atoms with E-state index in [0.717, 1.165) is 18.9 Å². The van der Waals surface area contributed by atoms with Crippen molar-refractivity contribution in [3.05, 3.63) is 35.4 Å². The Kier molecular flexibility index (Phi) is 4.19. The molecule has 2 nitrogen and oxygen atoms in total. The van der Waals surface area contributed by atoms with Crippen LogP contribution in [0.2, 0.25) is 0 Å². The highest BCUT2D eigenvalue weighted by atomic mass is 15.1. The molecular weight excluding hydrogens is 208 g/mol. The van der Waals surface area contributed by atoms with Gasteiger partial charge in [0.15, 0.2) is 0 Å². The Morgan fingerprint density at radius 3 is 2.59 bits per heavy atom. The van der Waals surface area contributed by atoms with E-state index in [4.69, 9.17) is 5.73 Å². The van der Waals surface area contributed by atoms with Crippen molar-refractivity contribution in [1.82, 2.24) is 4.90 Å². The summed E-state index contributed by atoms with van der Waals surface area (Å²) in [6, 6.07) is 9.19. The van der Waals surface area contributed by atoms with Crippen molar-refractivity contribution in [3.63, 3.8) is 0 Å². The fraction of sp³-hybridized carbons (Fsp3) is 0.600. The van der Waals surface area contributed by atoms with Crippen LogP contribution in [0.4, 0.5) is 0 Å². The van der Waals surface area contributed by atoms with Gasteiger partial charge in [-0.3, -0.25) is 0 Å². The van der Waals surface area contributed by atoms with E-state index in [1.807, 2.05) is 0 Å². The number of rotatable bonds is 4. The highest BCUT2D eigenvalue weighted by Gasteiger charge is 2.20.